The second-order valence-electron chi connectivity index (χ2n) is 4.57. The third-order valence-corrected chi connectivity index (χ3v) is 3.11. The van der Waals surface area contributed by atoms with Crippen LogP contribution in [0.2, 0.25) is 0 Å². The zero-order valence-corrected chi connectivity index (χ0v) is 8.66. The van der Waals surface area contributed by atoms with E-state index in [1.807, 2.05) is 6.92 Å². The lowest BCUT2D eigenvalue weighted by atomic mass is 9.78. The molecule has 1 unspecified atom stereocenters. The molecule has 1 saturated heterocycles. The summed E-state index contributed by atoms with van der Waals surface area (Å²) in [4.78, 5) is 17.2. The van der Waals surface area contributed by atoms with E-state index in [1.165, 1.54) is 11.5 Å². The fraction of sp³-hybridized carbons (Fsp3) is 0.900. The molecule has 0 bridgehead atoms. The SMILES string of the molecule is CC(N)CCN1OC2(CCC2)CC1=O. The maximum absolute atomic E-state index is 11.6. The minimum absolute atomic E-state index is 0.116. The number of nitrogens with two attached hydrogens (primary N) is 1. The summed E-state index contributed by atoms with van der Waals surface area (Å²) in [5, 5.41) is 1.52. The molecule has 80 valence electrons. The smallest absolute Gasteiger partial charge is 0.249 e. The third-order valence-electron chi connectivity index (χ3n) is 3.11. The van der Waals surface area contributed by atoms with Crippen molar-refractivity contribution in [2.24, 2.45) is 5.73 Å². The summed E-state index contributed by atoms with van der Waals surface area (Å²) < 4.78 is 0. The van der Waals surface area contributed by atoms with Gasteiger partial charge in [0.2, 0.25) is 5.91 Å². The first-order valence-electron chi connectivity index (χ1n) is 5.36. The van der Waals surface area contributed by atoms with Crippen molar-refractivity contribution in [2.45, 2.75) is 50.7 Å². The van der Waals surface area contributed by atoms with E-state index in [4.69, 9.17) is 10.6 Å². The fourth-order valence-corrected chi connectivity index (χ4v) is 2.01. The van der Waals surface area contributed by atoms with Crippen molar-refractivity contribution in [1.29, 1.82) is 0 Å². The van der Waals surface area contributed by atoms with Gasteiger partial charge < -0.3 is 5.73 Å². The van der Waals surface area contributed by atoms with E-state index < -0.39 is 0 Å². The summed E-state index contributed by atoms with van der Waals surface area (Å²) in [6.45, 7) is 2.58. The van der Waals surface area contributed by atoms with Crippen molar-refractivity contribution >= 4 is 5.91 Å². The standard InChI is InChI=1S/C10H18N2O2/c1-8(11)3-6-12-9(13)7-10(14-12)4-2-5-10/h8H,2-7,11H2,1H3. The summed E-state index contributed by atoms with van der Waals surface area (Å²) in [6.07, 6.45) is 4.64. The molecule has 1 saturated carbocycles. The largest absolute Gasteiger partial charge is 0.328 e. The van der Waals surface area contributed by atoms with E-state index in [2.05, 4.69) is 0 Å². The highest BCUT2D eigenvalue weighted by atomic mass is 16.7. The van der Waals surface area contributed by atoms with Gasteiger partial charge in [-0.15, -0.1) is 0 Å². The maximum Gasteiger partial charge on any atom is 0.249 e. The maximum atomic E-state index is 11.6. The van der Waals surface area contributed by atoms with Crippen molar-refractivity contribution in [3.8, 4) is 0 Å². The number of carbonyl (C=O) groups excluding carboxylic acids is 1. The van der Waals surface area contributed by atoms with E-state index >= 15 is 0 Å². The van der Waals surface area contributed by atoms with Crippen LogP contribution in [-0.2, 0) is 9.63 Å². The zero-order valence-electron chi connectivity index (χ0n) is 8.66. The van der Waals surface area contributed by atoms with Gasteiger partial charge in [-0.1, -0.05) is 0 Å². The molecule has 0 radical (unpaired) electrons. The van der Waals surface area contributed by atoms with E-state index in [0.717, 1.165) is 19.3 Å². The van der Waals surface area contributed by atoms with Crippen molar-refractivity contribution in [3.63, 3.8) is 0 Å². The van der Waals surface area contributed by atoms with Crippen molar-refractivity contribution in [1.82, 2.24) is 5.06 Å². The molecule has 0 aromatic carbocycles. The zero-order chi connectivity index (χ0) is 10.2. The second-order valence-corrected chi connectivity index (χ2v) is 4.57. The molecule has 14 heavy (non-hydrogen) atoms. The molecule has 1 spiro atoms. The van der Waals surface area contributed by atoms with Crippen molar-refractivity contribution in [2.75, 3.05) is 6.54 Å². The van der Waals surface area contributed by atoms with Gasteiger partial charge in [-0.25, -0.2) is 5.06 Å². The van der Waals surface area contributed by atoms with Gasteiger partial charge >= 0.3 is 0 Å². The lowest BCUT2D eigenvalue weighted by Gasteiger charge is -2.35. The van der Waals surface area contributed by atoms with Crippen LogP contribution in [0.1, 0.15) is 39.0 Å². The molecule has 4 nitrogen and oxygen atoms in total. The molecular formula is C10H18N2O2. The molecule has 1 aliphatic carbocycles. The Labute approximate surface area is 84.3 Å². The van der Waals surface area contributed by atoms with Gasteiger partial charge in [-0.05, 0) is 32.6 Å². The van der Waals surface area contributed by atoms with Crippen LogP contribution in [0, 0.1) is 0 Å². The molecule has 2 N–H and O–H groups in total. The van der Waals surface area contributed by atoms with Gasteiger partial charge in [0.25, 0.3) is 0 Å². The number of hydrogen-bond acceptors (Lipinski definition) is 3. The van der Waals surface area contributed by atoms with Gasteiger partial charge in [0.1, 0.15) is 5.60 Å². The number of hydroxylamine groups is 2. The molecule has 2 rings (SSSR count). The Bertz CT molecular complexity index is 236. The number of hydrogen-bond donors (Lipinski definition) is 1. The van der Waals surface area contributed by atoms with E-state index in [-0.39, 0.29) is 17.6 Å². The summed E-state index contributed by atoms with van der Waals surface area (Å²) in [6, 6.07) is 0.129. The first-order chi connectivity index (χ1) is 6.61. The molecule has 1 amide bonds. The van der Waals surface area contributed by atoms with Crippen LogP contribution < -0.4 is 5.73 Å². The Balaban J connectivity index is 1.85. The quantitative estimate of drug-likeness (QED) is 0.730. The van der Waals surface area contributed by atoms with Gasteiger partial charge in [0.05, 0.1) is 13.0 Å². The number of carbonyl (C=O) groups is 1. The Morgan fingerprint density at radius 1 is 1.64 bits per heavy atom. The first kappa shape index (κ1) is 9.93. The Morgan fingerprint density at radius 2 is 2.36 bits per heavy atom. The summed E-state index contributed by atoms with van der Waals surface area (Å²) in [5.74, 6) is 0.130. The molecule has 0 aromatic rings. The van der Waals surface area contributed by atoms with Crippen LogP contribution in [-0.4, -0.2) is 29.2 Å². The molecule has 1 heterocycles. The van der Waals surface area contributed by atoms with Gasteiger partial charge in [0, 0.05) is 6.04 Å². The highest BCUT2D eigenvalue weighted by Gasteiger charge is 2.48. The minimum Gasteiger partial charge on any atom is -0.328 e. The Kier molecular flexibility index (Phi) is 2.49. The highest BCUT2D eigenvalue weighted by Crippen LogP contribution is 2.43. The molecule has 4 heteroatoms. The molecule has 1 atom stereocenters. The van der Waals surface area contributed by atoms with Gasteiger partial charge in [0.15, 0.2) is 0 Å². The Morgan fingerprint density at radius 3 is 2.79 bits per heavy atom. The summed E-state index contributed by atoms with van der Waals surface area (Å²) >= 11 is 0. The first-order valence-corrected chi connectivity index (χ1v) is 5.36. The molecule has 1 aliphatic heterocycles. The van der Waals surface area contributed by atoms with E-state index in [0.29, 0.717) is 13.0 Å². The summed E-state index contributed by atoms with van der Waals surface area (Å²) in [5.41, 5.74) is 5.52. The highest BCUT2D eigenvalue weighted by molar-refractivity contribution is 5.78. The number of nitrogens with zero attached hydrogens (tertiary/aromatic N) is 1. The topological polar surface area (TPSA) is 55.6 Å². The molecule has 2 fully saturated rings. The molecule has 0 aromatic heterocycles. The minimum atomic E-state index is -0.116. The second kappa shape index (κ2) is 3.51. The lowest BCUT2D eigenvalue weighted by Crippen LogP contribution is -2.38. The molecular weight excluding hydrogens is 180 g/mol. The number of amides is 1. The van der Waals surface area contributed by atoms with Crippen LogP contribution >= 0.6 is 0 Å². The monoisotopic (exact) mass is 198 g/mol. The fourth-order valence-electron chi connectivity index (χ4n) is 2.01. The van der Waals surface area contributed by atoms with Crippen LogP contribution in [0.15, 0.2) is 0 Å². The van der Waals surface area contributed by atoms with Crippen molar-refractivity contribution < 1.29 is 9.63 Å². The predicted octanol–water partition coefficient (Wildman–Crippen LogP) is 0.810. The lowest BCUT2D eigenvalue weighted by molar-refractivity contribution is -0.220. The van der Waals surface area contributed by atoms with E-state index in [9.17, 15) is 4.79 Å². The van der Waals surface area contributed by atoms with Crippen LogP contribution in [0.4, 0.5) is 0 Å². The third kappa shape index (κ3) is 1.77. The van der Waals surface area contributed by atoms with Gasteiger partial charge in [-0.2, -0.15) is 0 Å². The predicted molar refractivity (Wildman–Crippen MR) is 52.3 cm³/mol. The Hall–Kier alpha value is -0.610. The molecule has 2 aliphatic rings. The summed E-state index contributed by atoms with van der Waals surface area (Å²) in [7, 11) is 0. The van der Waals surface area contributed by atoms with Crippen molar-refractivity contribution in [3.05, 3.63) is 0 Å². The average molecular weight is 198 g/mol. The number of rotatable bonds is 3. The van der Waals surface area contributed by atoms with E-state index in [1.54, 1.807) is 0 Å². The average Bonchev–Trinajstić information content (AvgIpc) is 2.39. The normalized spacial score (nSPS) is 26.7. The van der Waals surface area contributed by atoms with Crippen LogP contribution in [0.3, 0.4) is 0 Å². The van der Waals surface area contributed by atoms with Crippen LogP contribution in [0.25, 0.3) is 0 Å². The van der Waals surface area contributed by atoms with Crippen LogP contribution in [0.5, 0.6) is 0 Å². The van der Waals surface area contributed by atoms with Gasteiger partial charge in [-0.3, -0.25) is 9.63 Å².